The van der Waals surface area contributed by atoms with Gasteiger partial charge in [0.15, 0.2) is 11.5 Å². The predicted molar refractivity (Wildman–Crippen MR) is 162 cm³/mol. The van der Waals surface area contributed by atoms with Crippen molar-refractivity contribution in [3.8, 4) is 28.4 Å². The van der Waals surface area contributed by atoms with Gasteiger partial charge in [0.1, 0.15) is 6.04 Å². The van der Waals surface area contributed by atoms with Crippen molar-refractivity contribution in [2.75, 3.05) is 21.3 Å². The van der Waals surface area contributed by atoms with Gasteiger partial charge in [-0.05, 0) is 37.8 Å². The highest BCUT2D eigenvalue weighted by molar-refractivity contribution is 6.03. The first-order valence-electron chi connectivity index (χ1n) is 14.2. The summed E-state index contributed by atoms with van der Waals surface area (Å²) < 4.78 is 18.9. The van der Waals surface area contributed by atoms with Crippen LogP contribution in [0, 0.1) is 13.8 Å². The molecule has 1 aromatic heterocycles. The van der Waals surface area contributed by atoms with Crippen molar-refractivity contribution >= 4 is 16.8 Å². The van der Waals surface area contributed by atoms with Crippen LogP contribution < -0.4 is 25.1 Å². The molecule has 1 atom stereocenters. The summed E-state index contributed by atoms with van der Waals surface area (Å²) in [7, 11) is 4.67. The molecule has 1 fully saturated rings. The Morgan fingerprint density at radius 1 is 0.829 bits per heavy atom. The van der Waals surface area contributed by atoms with E-state index in [2.05, 4.69) is 5.32 Å². The molecule has 5 rings (SSSR count). The summed E-state index contributed by atoms with van der Waals surface area (Å²) in [6.45, 7) is 4.02. The Morgan fingerprint density at radius 2 is 1.44 bits per heavy atom. The number of hydrogen-bond acceptors (Lipinski definition) is 5. The summed E-state index contributed by atoms with van der Waals surface area (Å²) >= 11 is 0. The Labute approximate surface area is 241 Å². The molecular weight excluding hydrogens is 516 g/mol. The highest BCUT2D eigenvalue weighted by Gasteiger charge is 2.31. The van der Waals surface area contributed by atoms with Crippen molar-refractivity contribution in [1.29, 1.82) is 0 Å². The number of rotatable bonds is 8. The monoisotopic (exact) mass is 554 g/mol. The molecule has 214 valence electrons. The van der Waals surface area contributed by atoms with E-state index in [4.69, 9.17) is 14.2 Å². The van der Waals surface area contributed by atoms with Crippen LogP contribution in [0.25, 0.3) is 22.0 Å². The molecule has 1 aliphatic carbocycles. The van der Waals surface area contributed by atoms with Crippen molar-refractivity contribution in [3.05, 3.63) is 87.7 Å². The number of nitrogens with one attached hydrogen (secondary N) is 1. The summed E-state index contributed by atoms with van der Waals surface area (Å²) in [4.78, 5) is 28.4. The van der Waals surface area contributed by atoms with E-state index in [9.17, 15) is 9.59 Å². The van der Waals surface area contributed by atoms with E-state index in [1.807, 2.05) is 62.4 Å². The SMILES string of the molecule is COc1cc2c(c(-c3ccc(C)cc3)cc(=O)n2C(C(=O)NC2CCCCC2)c2ccc(C)cc2)c(OC)c1OC. The molecule has 0 bridgehead atoms. The second-order valence-corrected chi connectivity index (χ2v) is 10.8. The lowest BCUT2D eigenvalue weighted by Crippen LogP contribution is -2.43. The van der Waals surface area contributed by atoms with Crippen LogP contribution in [0.2, 0.25) is 0 Å². The highest BCUT2D eigenvalue weighted by Crippen LogP contribution is 2.47. The second-order valence-electron chi connectivity index (χ2n) is 10.8. The molecule has 1 amide bonds. The number of carbonyl (C=O) groups is 1. The molecule has 1 unspecified atom stereocenters. The van der Waals surface area contributed by atoms with Gasteiger partial charge in [-0.1, -0.05) is 78.9 Å². The fourth-order valence-electron chi connectivity index (χ4n) is 5.90. The van der Waals surface area contributed by atoms with E-state index in [-0.39, 0.29) is 17.5 Å². The molecular formula is C34H38N2O5. The summed E-state index contributed by atoms with van der Waals surface area (Å²) in [6, 6.07) is 18.3. The molecule has 3 aromatic carbocycles. The quantitative estimate of drug-likeness (QED) is 0.275. The molecule has 0 spiro atoms. The number of nitrogens with zero attached hydrogens (tertiary/aromatic N) is 1. The van der Waals surface area contributed by atoms with Gasteiger partial charge < -0.3 is 19.5 Å². The zero-order valence-corrected chi connectivity index (χ0v) is 24.5. The molecule has 0 saturated heterocycles. The topological polar surface area (TPSA) is 78.8 Å². The van der Waals surface area contributed by atoms with E-state index in [1.165, 1.54) is 6.42 Å². The molecule has 4 aromatic rings. The zero-order chi connectivity index (χ0) is 29.1. The number of carbonyl (C=O) groups excluding carboxylic acids is 1. The number of amides is 1. The maximum Gasteiger partial charge on any atom is 0.252 e. The third kappa shape index (κ3) is 5.53. The molecule has 7 heteroatoms. The van der Waals surface area contributed by atoms with Crippen molar-refractivity contribution < 1.29 is 19.0 Å². The van der Waals surface area contributed by atoms with Crippen molar-refractivity contribution in [2.45, 2.75) is 58.0 Å². The lowest BCUT2D eigenvalue weighted by molar-refractivity contribution is -0.124. The molecule has 0 aliphatic heterocycles. The highest BCUT2D eigenvalue weighted by atomic mass is 16.5. The maximum atomic E-state index is 14.2. The number of hydrogen-bond donors (Lipinski definition) is 1. The van der Waals surface area contributed by atoms with Crippen molar-refractivity contribution in [2.24, 2.45) is 0 Å². The normalized spacial score (nSPS) is 14.5. The standard InChI is InChI=1S/C34H38N2O5/c1-21-11-15-23(16-12-21)26-19-29(37)36(27-20-28(39-3)32(40-4)33(41-5)30(26)27)31(24-17-13-22(2)14-18-24)34(38)35-25-9-7-6-8-10-25/h11-20,25,31H,6-10H2,1-5H3,(H,35,38). The molecule has 1 aliphatic rings. The Balaban J connectivity index is 1.83. The number of fused-ring (bicyclic) bond motifs is 1. The fourth-order valence-corrected chi connectivity index (χ4v) is 5.90. The minimum Gasteiger partial charge on any atom is -0.493 e. The number of benzene rings is 3. The number of ether oxygens (including phenoxy) is 3. The predicted octanol–water partition coefficient (Wildman–Crippen LogP) is 6.35. The van der Waals surface area contributed by atoms with Crippen LogP contribution in [0.1, 0.15) is 54.8 Å². The molecule has 1 heterocycles. The van der Waals surface area contributed by atoms with Gasteiger partial charge in [0.25, 0.3) is 5.56 Å². The Hall–Kier alpha value is -4.26. The number of pyridine rings is 1. The molecule has 7 nitrogen and oxygen atoms in total. The van der Waals surface area contributed by atoms with Gasteiger partial charge in [0, 0.05) is 23.7 Å². The average Bonchev–Trinajstić information content (AvgIpc) is 2.99. The van der Waals surface area contributed by atoms with Crippen LogP contribution in [0.4, 0.5) is 0 Å². The van der Waals surface area contributed by atoms with Gasteiger partial charge in [0.05, 0.1) is 32.2 Å². The van der Waals surface area contributed by atoms with Crippen molar-refractivity contribution in [1.82, 2.24) is 9.88 Å². The van der Waals surface area contributed by atoms with Crippen LogP contribution in [0.5, 0.6) is 17.2 Å². The van der Waals surface area contributed by atoms with Gasteiger partial charge in [0.2, 0.25) is 11.7 Å². The first kappa shape index (κ1) is 28.3. The van der Waals surface area contributed by atoms with Crippen LogP contribution in [-0.4, -0.2) is 37.8 Å². The van der Waals surface area contributed by atoms with Gasteiger partial charge in [-0.2, -0.15) is 0 Å². The Morgan fingerprint density at radius 3 is 2.02 bits per heavy atom. The number of aryl methyl sites for hydroxylation is 2. The molecule has 1 N–H and O–H groups in total. The van der Waals surface area contributed by atoms with Crippen LogP contribution in [0.3, 0.4) is 0 Å². The van der Waals surface area contributed by atoms with Gasteiger partial charge in [-0.15, -0.1) is 0 Å². The van der Waals surface area contributed by atoms with Gasteiger partial charge >= 0.3 is 0 Å². The van der Waals surface area contributed by atoms with Crippen LogP contribution >= 0.6 is 0 Å². The molecule has 1 saturated carbocycles. The average molecular weight is 555 g/mol. The lowest BCUT2D eigenvalue weighted by atomic mass is 9.94. The lowest BCUT2D eigenvalue weighted by Gasteiger charge is -2.28. The minimum absolute atomic E-state index is 0.0853. The number of aromatic nitrogens is 1. The summed E-state index contributed by atoms with van der Waals surface area (Å²) in [5.41, 5.74) is 4.67. The second kappa shape index (κ2) is 12.1. The third-order valence-corrected chi connectivity index (χ3v) is 8.06. The largest absolute Gasteiger partial charge is 0.493 e. The minimum atomic E-state index is -0.901. The first-order chi connectivity index (χ1) is 19.9. The van der Waals surface area contributed by atoms with Gasteiger partial charge in [-0.3, -0.25) is 14.2 Å². The van der Waals surface area contributed by atoms with Crippen LogP contribution in [0.15, 0.2) is 65.5 Å². The first-order valence-corrected chi connectivity index (χ1v) is 14.2. The fraction of sp³-hybridized carbons (Fsp3) is 0.353. The summed E-state index contributed by atoms with van der Waals surface area (Å²) in [6.07, 6.45) is 5.23. The van der Waals surface area contributed by atoms with Crippen molar-refractivity contribution in [3.63, 3.8) is 0 Å². The summed E-state index contributed by atoms with van der Waals surface area (Å²) in [5.74, 6) is 1.04. The number of methoxy groups -OCH3 is 3. The smallest absolute Gasteiger partial charge is 0.252 e. The zero-order valence-electron chi connectivity index (χ0n) is 24.5. The molecule has 0 radical (unpaired) electrons. The van der Waals surface area contributed by atoms with E-state index in [0.29, 0.717) is 33.7 Å². The maximum absolute atomic E-state index is 14.2. The van der Waals surface area contributed by atoms with E-state index < -0.39 is 6.04 Å². The Kier molecular flexibility index (Phi) is 8.34. The van der Waals surface area contributed by atoms with Crippen LogP contribution in [-0.2, 0) is 4.79 Å². The summed E-state index contributed by atoms with van der Waals surface area (Å²) in [5, 5.41) is 3.93. The molecule has 41 heavy (non-hydrogen) atoms. The van der Waals surface area contributed by atoms with Gasteiger partial charge in [-0.25, -0.2) is 0 Å². The van der Waals surface area contributed by atoms with E-state index in [0.717, 1.165) is 47.9 Å². The Bertz CT molecular complexity index is 1600. The third-order valence-electron chi connectivity index (χ3n) is 8.06. The van der Waals surface area contributed by atoms with E-state index in [1.54, 1.807) is 38.0 Å². The van der Waals surface area contributed by atoms with E-state index >= 15 is 0 Å².